The lowest BCUT2D eigenvalue weighted by Gasteiger charge is -2.23. The normalized spacial score (nSPS) is 17.4. The third-order valence-electron chi connectivity index (χ3n) is 5.16. The molecule has 1 aromatic carbocycles. The van der Waals surface area contributed by atoms with E-state index in [1.54, 1.807) is 0 Å². The summed E-state index contributed by atoms with van der Waals surface area (Å²) in [5, 5.41) is 5.59. The smallest absolute Gasteiger partial charge is 0.325 e. The van der Waals surface area contributed by atoms with Gasteiger partial charge in [-0.25, -0.2) is 4.79 Å². The lowest BCUT2D eigenvalue weighted by Crippen LogP contribution is -2.46. The van der Waals surface area contributed by atoms with Gasteiger partial charge in [0.2, 0.25) is 5.91 Å². The molecule has 0 saturated carbocycles. The van der Waals surface area contributed by atoms with E-state index in [4.69, 9.17) is 0 Å². The highest BCUT2D eigenvalue weighted by molar-refractivity contribution is 6.09. The van der Waals surface area contributed by atoms with Crippen molar-refractivity contribution in [1.82, 2.24) is 15.5 Å². The maximum Gasteiger partial charge on any atom is 0.325 e. The van der Waals surface area contributed by atoms with Gasteiger partial charge in [-0.2, -0.15) is 0 Å². The fourth-order valence-corrected chi connectivity index (χ4v) is 3.10. The first-order valence-electron chi connectivity index (χ1n) is 8.74. The topological polar surface area (TPSA) is 78.5 Å². The molecule has 1 saturated heterocycles. The van der Waals surface area contributed by atoms with Gasteiger partial charge in [-0.1, -0.05) is 32.0 Å². The Hall–Kier alpha value is -2.37. The summed E-state index contributed by atoms with van der Waals surface area (Å²) in [7, 11) is 0. The van der Waals surface area contributed by atoms with Crippen molar-refractivity contribution in [3.05, 3.63) is 34.9 Å². The van der Waals surface area contributed by atoms with Crippen molar-refractivity contribution in [3.8, 4) is 0 Å². The van der Waals surface area contributed by atoms with Crippen molar-refractivity contribution < 1.29 is 14.4 Å². The molecule has 0 aromatic heterocycles. The van der Waals surface area contributed by atoms with E-state index >= 15 is 0 Å². The first-order valence-corrected chi connectivity index (χ1v) is 8.74. The summed E-state index contributed by atoms with van der Waals surface area (Å²) in [4.78, 5) is 38.0. The van der Waals surface area contributed by atoms with Gasteiger partial charge in [0.25, 0.3) is 5.91 Å². The largest absolute Gasteiger partial charge is 0.348 e. The van der Waals surface area contributed by atoms with Gasteiger partial charge in [0.1, 0.15) is 12.1 Å². The molecule has 6 heteroatoms. The molecular formula is C19H27N3O3. The van der Waals surface area contributed by atoms with Gasteiger partial charge in [0, 0.05) is 0 Å². The van der Waals surface area contributed by atoms with Gasteiger partial charge in [0.15, 0.2) is 0 Å². The number of benzene rings is 1. The molecule has 6 nitrogen and oxygen atoms in total. The van der Waals surface area contributed by atoms with Crippen molar-refractivity contribution >= 4 is 17.8 Å². The van der Waals surface area contributed by atoms with Gasteiger partial charge in [-0.15, -0.1) is 0 Å². The minimum absolute atomic E-state index is 0.199. The number of hydrogen-bond donors (Lipinski definition) is 2. The van der Waals surface area contributed by atoms with E-state index in [2.05, 4.69) is 10.6 Å². The molecule has 1 atom stereocenters. The number of imide groups is 1. The van der Waals surface area contributed by atoms with Crippen LogP contribution in [0.15, 0.2) is 18.2 Å². The Balaban J connectivity index is 2.03. The van der Waals surface area contributed by atoms with Crippen LogP contribution < -0.4 is 10.6 Å². The molecule has 1 aromatic rings. The number of amides is 4. The van der Waals surface area contributed by atoms with Crippen LogP contribution in [0.4, 0.5) is 4.79 Å². The van der Waals surface area contributed by atoms with E-state index in [9.17, 15) is 14.4 Å². The molecule has 2 N–H and O–H groups in total. The van der Waals surface area contributed by atoms with Crippen LogP contribution in [-0.4, -0.2) is 34.8 Å². The molecule has 0 bridgehead atoms. The average molecular weight is 345 g/mol. The first-order chi connectivity index (χ1) is 11.7. The van der Waals surface area contributed by atoms with Gasteiger partial charge >= 0.3 is 6.03 Å². The number of carbonyl (C=O) groups is 3. The summed E-state index contributed by atoms with van der Waals surface area (Å²) in [6, 6.07) is 5.33. The Morgan fingerprint density at radius 2 is 1.84 bits per heavy atom. The summed E-state index contributed by atoms with van der Waals surface area (Å²) in [6.45, 7) is 9.39. The summed E-state index contributed by atoms with van der Waals surface area (Å²) in [5.74, 6) is -0.672. The van der Waals surface area contributed by atoms with Gasteiger partial charge < -0.3 is 10.6 Å². The highest BCUT2D eigenvalue weighted by Gasteiger charge is 2.49. The van der Waals surface area contributed by atoms with Crippen LogP contribution in [0.2, 0.25) is 0 Å². The van der Waals surface area contributed by atoms with E-state index in [1.165, 1.54) is 5.56 Å². The van der Waals surface area contributed by atoms with Crippen LogP contribution in [0.25, 0.3) is 0 Å². The average Bonchev–Trinajstić information content (AvgIpc) is 2.81. The van der Waals surface area contributed by atoms with E-state index in [0.717, 1.165) is 16.0 Å². The SMILES string of the molecule is CCC1(CC)NC(=O)N(CC(=O)NC(C)c2ccc(C)c(C)c2)C1=O. The molecule has 4 amide bonds. The summed E-state index contributed by atoms with van der Waals surface area (Å²) >= 11 is 0. The van der Waals surface area contributed by atoms with Gasteiger partial charge in [-0.3, -0.25) is 14.5 Å². The predicted octanol–water partition coefficient (Wildman–Crippen LogP) is 2.59. The third-order valence-corrected chi connectivity index (χ3v) is 5.16. The van der Waals surface area contributed by atoms with Crippen molar-refractivity contribution in [2.75, 3.05) is 6.54 Å². The summed E-state index contributed by atoms with van der Waals surface area (Å²) < 4.78 is 0. The lowest BCUT2D eigenvalue weighted by molar-refractivity contribution is -0.135. The second-order valence-electron chi connectivity index (χ2n) is 6.74. The maximum atomic E-state index is 12.5. The summed E-state index contributed by atoms with van der Waals surface area (Å²) in [6.07, 6.45) is 1.01. The monoisotopic (exact) mass is 345 g/mol. The highest BCUT2D eigenvalue weighted by Crippen LogP contribution is 2.24. The van der Waals surface area contributed by atoms with E-state index in [0.29, 0.717) is 12.8 Å². The van der Waals surface area contributed by atoms with Gasteiger partial charge in [-0.05, 0) is 50.3 Å². The number of hydrogen-bond acceptors (Lipinski definition) is 3. The minimum Gasteiger partial charge on any atom is -0.348 e. The van der Waals surface area contributed by atoms with Crippen molar-refractivity contribution in [3.63, 3.8) is 0 Å². The number of aryl methyl sites for hydroxylation is 2. The van der Waals surface area contributed by atoms with E-state index in [-0.39, 0.29) is 24.4 Å². The maximum absolute atomic E-state index is 12.5. The standard InChI is InChI=1S/C19H27N3O3/c1-6-19(7-2)17(24)22(18(25)21-19)11-16(23)20-14(5)15-9-8-12(3)13(4)10-15/h8-10,14H,6-7,11H2,1-5H3,(H,20,23)(H,21,25). The number of urea groups is 1. The van der Waals surface area contributed by atoms with E-state index in [1.807, 2.05) is 52.8 Å². The second kappa shape index (κ2) is 7.25. The molecule has 1 aliphatic heterocycles. The Kier molecular flexibility index (Phi) is 5.50. The van der Waals surface area contributed by atoms with Crippen LogP contribution in [0.5, 0.6) is 0 Å². The molecule has 1 unspecified atom stereocenters. The predicted molar refractivity (Wildman–Crippen MR) is 96.0 cm³/mol. The Morgan fingerprint density at radius 1 is 1.20 bits per heavy atom. The lowest BCUT2D eigenvalue weighted by atomic mass is 9.93. The highest BCUT2D eigenvalue weighted by atomic mass is 16.2. The Labute approximate surface area is 149 Å². The Bertz CT molecular complexity index is 695. The number of nitrogens with one attached hydrogen (secondary N) is 2. The zero-order chi connectivity index (χ0) is 18.8. The molecule has 1 heterocycles. The molecule has 0 spiro atoms. The molecule has 1 aliphatic rings. The second-order valence-corrected chi connectivity index (χ2v) is 6.74. The van der Waals surface area contributed by atoms with Crippen LogP contribution >= 0.6 is 0 Å². The zero-order valence-electron chi connectivity index (χ0n) is 15.6. The minimum atomic E-state index is -0.878. The number of carbonyl (C=O) groups excluding carboxylic acids is 3. The van der Waals surface area contributed by atoms with Crippen LogP contribution in [0, 0.1) is 13.8 Å². The van der Waals surface area contributed by atoms with Crippen LogP contribution in [0.3, 0.4) is 0 Å². The zero-order valence-corrected chi connectivity index (χ0v) is 15.6. The van der Waals surface area contributed by atoms with Gasteiger partial charge in [0.05, 0.1) is 6.04 Å². The van der Waals surface area contributed by atoms with Crippen molar-refractivity contribution in [2.45, 2.75) is 59.0 Å². The molecular weight excluding hydrogens is 318 g/mol. The number of nitrogens with zero attached hydrogens (tertiary/aromatic N) is 1. The molecule has 136 valence electrons. The third kappa shape index (κ3) is 3.67. The summed E-state index contributed by atoms with van der Waals surface area (Å²) in [5.41, 5.74) is 2.46. The van der Waals surface area contributed by atoms with Crippen LogP contribution in [-0.2, 0) is 9.59 Å². The molecule has 1 fully saturated rings. The molecule has 2 rings (SSSR count). The first kappa shape index (κ1) is 19.0. The van der Waals surface area contributed by atoms with Crippen LogP contribution in [0.1, 0.15) is 56.3 Å². The quantitative estimate of drug-likeness (QED) is 0.778. The van der Waals surface area contributed by atoms with Crippen molar-refractivity contribution in [1.29, 1.82) is 0 Å². The van der Waals surface area contributed by atoms with E-state index < -0.39 is 11.6 Å². The molecule has 25 heavy (non-hydrogen) atoms. The fraction of sp³-hybridized carbons (Fsp3) is 0.526. The van der Waals surface area contributed by atoms with Crippen molar-refractivity contribution in [2.24, 2.45) is 0 Å². The fourth-order valence-electron chi connectivity index (χ4n) is 3.10. The molecule has 0 radical (unpaired) electrons. The molecule has 0 aliphatic carbocycles. The Morgan fingerprint density at radius 3 is 2.36 bits per heavy atom. The number of rotatable bonds is 6.